The molecule has 3 nitrogen and oxygen atoms in total. The van der Waals surface area contributed by atoms with Gasteiger partial charge in [0.1, 0.15) is 18.2 Å². The molecule has 0 radical (unpaired) electrons. The van der Waals surface area contributed by atoms with Gasteiger partial charge in [-0.3, -0.25) is 4.90 Å². The van der Waals surface area contributed by atoms with Gasteiger partial charge in [0.2, 0.25) is 0 Å². The number of benzene rings is 2. The van der Waals surface area contributed by atoms with Crippen LogP contribution in [0.4, 0.5) is 4.39 Å². The van der Waals surface area contributed by atoms with E-state index in [1.165, 1.54) is 11.3 Å². The number of halogens is 1. The first kappa shape index (κ1) is 16.2. The Bertz CT molecular complexity index is 888. The molecule has 130 valence electrons. The van der Waals surface area contributed by atoms with Crippen LogP contribution in [0, 0.1) is 5.82 Å². The summed E-state index contributed by atoms with van der Waals surface area (Å²) in [4.78, 5) is 2.33. The third kappa shape index (κ3) is 2.91. The summed E-state index contributed by atoms with van der Waals surface area (Å²) in [5.74, 6) is 0.709. The molecule has 0 saturated heterocycles. The van der Waals surface area contributed by atoms with Gasteiger partial charge in [0.05, 0.1) is 6.54 Å². The van der Waals surface area contributed by atoms with Gasteiger partial charge in [-0.2, -0.15) is 0 Å². The predicted octanol–water partition coefficient (Wildman–Crippen LogP) is 4.41. The maximum atomic E-state index is 13.9. The smallest absolute Gasteiger partial charge is 0.123 e. The monoisotopic (exact) mass is 338 g/mol. The van der Waals surface area contributed by atoms with Gasteiger partial charge >= 0.3 is 0 Å². The van der Waals surface area contributed by atoms with Crippen molar-refractivity contribution < 1.29 is 9.13 Å². The van der Waals surface area contributed by atoms with E-state index in [0.717, 1.165) is 36.2 Å². The molecule has 0 bridgehead atoms. The summed E-state index contributed by atoms with van der Waals surface area (Å²) in [5, 5.41) is 1.04. The van der Waals surface area contributed by atoms with E-state index < -0.39 is 0 Å². The molecule has 25 heavy (non-hydrogen) atoms. The van der Waals surface area contributed by atoms with Crippen molar-refractivity contribution in [1.82, 2.24) is 9.47 Å². The highest BCUT2D eigenvalue weighted by Gasteiger charge is 2.28. The van der Waals surface area contributed by atoms with Crippen molar-refractivity contribution in [3.8, 4) is 5.75 Å². The highest BCUT2D eigenvalue weighted by atomic mass is 19.1. The molecular formula is C21H23FN2O. The van der Waals surface area contributed by atoms with Gasteiger partial charge in [0.25, 0.3) is 0 Å². The van der Waals surface area contributed by atoms with Crippen molar-refractivity contribution in [2.24, 2.45) is 0 Å². The zero-order valence-electron chi connectivity index (χ0n) is 14.7. The minimum atomic E-state index is -0.173. The second-order valence-corrected chi connectivity index (χ2v) is 6.74. The number of hydrogen-bond donors (Lipinski definition) is 0. The van der Waals surface area contributed by atoms with E-state index in [4.69, 9.17) is 4.74 Å². The molecule has 0 amide bonds. The summed E-state index contributed by atoms with van der Waals surface area (Å²) in [5.41, 5.74) is 3.69. The number of likely N-dealkylation sites (N-methyl/N-ethyl adjacent to an activating group) is 1. The van der Waals surface area contributed by atoms with Gasteiger partial charge in [-0.15, -0.1) is 0 Å². The van der Waals surface area contributed by atoms with Crippen LogP contribution < -0.4 is 4.74 Å². The first-order valence-corrected chi connectivity index (χ1v) is 8.84. The minimum Gasteiger partial charge on any atom is -0.492 e. The molecule has 0 fully saturated rings. The van der Waals surface area contributed by atoms with Crippen LogP contribution in [0.25, 0.3) is 10.9 Å². The maximum Gasteiger partial charge on any atom is 0.123 e. The molecule has 3 aromatic rings. The number of aromatic nitrogens is 1. The number of rotatable bonds is 4. The van der Waals surface area contributed by atoms with E-state index in [-0.39, 0.29) is 5.82 Å². The van der Waals surface area contributed by atoms with E-state index >= 15 is 0 Å². The zero-order chi connectivity index (χ0) is 17.4. The Morgan fingerprint density at radius 3 is 2.76 bits per heavy atom. The van der Waals surface area contributed by atoms with E-state index in [2.05, 4.69) is 23.4 Å². The summed E-state index contributed by atoms with van der Waals surface area (Å²) >= 11 is 0. The van der Waals surface area contributed by atoms with Crippen LogP contribution in [0.5, 0.6) is 5.75 Å². The summed E-state index contributed by atoms with van der Waals surface area (Å²) in [6, 6.07) is 15.3. The fourth-order valence-electron chi connectivity index (χ4n) is 3.86. The van der Waals surface area contributed by atoms with Crippen LogP contribution in [0.3, 0.4) is 0 Å². The lowest BCUT2D eigenvalue weighted by molar-refractivity contribution is 0.242. The van der Waals surface area contributed by atoms with Crippen molar-refractivity contribution in [3.05, 3.63) is 65.6 Å². The molecule has 4 rings (SSSR count). The van der Waals surface area contributed by atoms with E-state index in [0.29, 0.717) is 12.6 Å². The van der Waals surface area contributed by atoms with Gasteiger partial charge in [-0.1, -0.05) is 18.2 Å². The largest absolute Gasteiger partial charge is 0.492 e. The van der Waals surface area contributed by atoms with Crippen LogP contribution >= 0.6 is 0 Å². The molecular weight excluding hydrogens is 315 g/mol. The van der Waals surface area contributed by atoms with Crippen LogP contribution in [0.2, 0.25) is 0 Å². The first-order valence-electron chi connectivity index (χ1n) is 8.84. The number of fused-ring (bicyclic) bond motifs is 3. The SMILES string of the molecule is CC1c2c(n(CCOc3ccccc3)c3ccc(F)cc23)CCN1C. The average molecular weight is 338 g/mol. The quantitative estimate of drug-likeness (QED) is 0.701. The molecule has 2 aromatic carbocycles. The van der Waals surface area contributed by atoms with Gasteiger partial charge in [-0.25, -0.2) is 4.39 Å². The molecule has 1 aliphatic heterocycles. The predicted molar refractivity (Wildman–Crippen MR) is 98.6 cm³/mol. The van der Waals surface area contributed by atoms with Gasteiger partial charge in [-0.05, 0) is 49.9 Å². The number of nitrogens with zero attached hydrogens (tertiary/aromatic N) is 2. The number of para-hydroxylation sites is 1. The zero-order valence-corrected chi connectivity index (χ0v) is 14.7. The molecule has 2 heterocycles. The Hall–Kier alpha value is -2.33. The van der Waals surface area contributed by atoms with Crippen LogP contribution in [0.1, 0.15) is 24.2 Å². The van der Waals surface area contributed by atoms with E-state index in [1.54, 1.807) is 12.1 Å². The topological polar surface area (TPSA) is 17.4 Å². The van der Waals surface area contributed by atoms with Crippen LogP contribution in [-0.4, -0.2) is 29.7 Å². The standard InChI is InChI=1S/C21H23FN2O/c1-15-21-18-14-16(22)8-9-19(18)24(20(21)10-11-23(15)2)12-13-25-17-6-4-3-5-7-17/h3-9,14-15H,10-13H2,1-2H3. The fourth-order valence-corrected chi connectivity index (χ4v) is 3.86. The van der Waals surface area contributed by atoms with Crippen LogP contribution in [0.15, 0.2) is 48.5 Å². The molecule has 1 aromatic heterocycles. The minimum absolute atomic E-state index is 0.173. The lowest BCUT2D eigenvalue weighted by Gasteiger charge is -2.31. The Labute approximate surface area is 147 Å². The normalized spacial score (nSPS) is 17.6. The second kappa shape index (κ2) is 6.52. The third-order valence-electron chi connectivity index (χ3n) is 5.28. The lowest BCUT2D eigenvalue weighted by Crippen LogP contribution is -2.31. The van der Waals surface area contributed by atoms with Gasteiger partial charge in [0, 0.05) is 35.6 Å². The maximum absolute atomic E-state index is 13.9. The van der Waals surface area contributed by atoms with Gasteiger partial charge < -0.3 is 9.30 Å². The second-order valence-electron chi connectivity index (χ2n) is 6.74. The summed E-state index contributed by atoms with van der Waals surface area (Å²) in [7, 11) is 2.13. The lowest BCUT2D eigenvalue weighted by atomic mass is 9.97. The molecule has 0 saturated carbocycles. The summed E-state index contributed by atoms with van der Waals surface area (Å²) in [6.45, 7) is 4.59. The molecule has 0 N–H and O–H groups in total. The van der Waals surface area contributed by atoms with E-state index in [1.807, 2.05) is 36.4 Å². The molecule has 1 unspecified atom stereocenters. The average Bonchev–Trinajstić information content (AvgIpc) is 2.93. The molecule has 0 aliphatic carbocycles. The Balaban J connectivity index is 1.68. The Morgan fingerprint density at radius 2 is 1.96 bits per heavy atom. The first-order chi connectivity index (χ1) is 12.1. The third-order valence-corrected chi connectivity index (χ3v) is 5.28. The molecule has 0 spiro atoms. The van der Waals surface area contributed by atoms with Crippen molar-refractivity contribution in [2.75, 3.05) is 20.2 Å². The molecule has 1 aliphatic rings. The van der Waals surface area contributed by atoms with Crippen molar-refractivity contribution in [1.29, 1.82) is 0 Å². The summed E-state index contributed by atoms with van der Waals surface area (Å²) < 4.78 is 22.1. The summed E-state index contributed by atoms with van der Waals surface area (Å²) in [6.07, 6.45) is 0.984. The highest BCUT2D eigenvalue weighted by molar-refractivity contribution is 5.86. The highest BCUT2D eigenvalue weighted by Crippen LogP contribution is 2.37. The Morgan fingerprint density at radius 1 is 1.16 bits per heavy atom. The number of hydrogen-bond acceptors (Lipinski definition) is 2. The molecule has 1 atom stereocenters. The van der Waals surface area contributed by atoms with E-state index in [9.17, 15) is 4.39 Å². The number of ether oxygens (including phenoxy) is 1. The van der Waals surface area contributed by atoms with Crippen molar-refractivity contribution in [2.45, 2.75) is 25.9 Å². The Kier molecular flexibility index (Phi) is 4.22. The van der Waals surface area contributed by atoms with Crippen LogP contribution in [-0.2, 0) is 13.0 Å². The van der Waals surface area contributed by atoms with Crippen molar-refractivity contribution >= 4 is 10.9 Å². The van der Waals surface area contributed by atoms with Gasteiger partial charge in [0.15, 0.2) is 0 Å². The molecule has 4 heteroatoms. The fraction of sp³-hybridized carbons (Fsp3) is 0.333. The van der Waals surface area contributed by atoms with Crippen molar-refractivity contribution in [3.63, 3.8) is 0 Å².